The summed E-state index contributed by atoms with van der Waals surface area (Å²) in [5.74, 6) is -0.218. The minimum atomic E-state index is -0.218. The Bertz CT molecular complexity index is 652. The molecule has 21 heavy (non-hydrogen) atoms. The van der Waals surface area contributed by atoms with E-state index in [1.165, 1.54) is 6.07 Å². The maximum Gasteiger partial charge on any atom is 0.123 e. The first-order valence-electron chi connectivity index (χ1n) is 7.24. The molecule has 0 radical (unpaired) electrons. The zero-order chi connectivity index (χ0) is 15.6. The van der Waals surface area contributed by atoms with E-state index in [1.54, 1.807) is 6.07 Å². The molecule has 0 aliphatic rings. The molecule has 2 aromatic rings. The van der Waals surface area contributed by atoms with Gasteiger partial charge < -0.3 is 5.32 Å². The maximum absolute atomic E-state index is 13.7. The van der Waals surface area contributed by atoms with E-state index in [4.69, 9.17) is 11.6 Å². The molecule has 1 atom stereocenters. The van der Waals surface area contributed by atoms with Crippen molar-refractivity contribution in [2.75, 3.05) is 6.54 Å². The average molecular weight is 306 g/mol. The second-order valence-corrected chi connectivity index (χ2v) is 5.83. The monoisotopic (exact) mass is 305 g/mol. The van der Waals surface area contributed by atoms with Gasteiger partial charge in [-0.15, -0.1) is 0 Å². The summed E-state index contributed by atoms with van der Waals surface area (Å²) >= 11 is 6.17. The largest absolute Gasteiger partial charge is 0.310 e. The van der Waals surface area contributed by atoms with Crippen LogP contribution < -0.4 is 5.32 Å². The fourth-order valence-corrected chi connectivity index (χ4v) is 2.84. The van der Waals surface area contributed by atoms with Crippen LogP contribution in [0.3, 0.4) is 0 Å². The molecule has 0 amide bonds. The quantitative estimate of drug-likeness (QED) is 0.794. The molecular formula is C18H21ClFN. The Morgan fingerprint density at radius 3 is 2.48 bits per heavy atom. The van der Waals surface area contributed by atoms with Crippen LogP contribution in [0.4, 0.5) is 4.39 Å². The number of halogens is 2. The topological polar surface area (TPSA) is 12.0 Å². The van der Waals surface area contributed by atoms with Crippen LogP contribution in [0.5, 0.6) is 0 Å². The van der Waals surface area contributed by atoms with E-state index in [-0.39, 0.29) is 11.9 Å². The predicted molar refractivity (Wildman–Crippen MR) is 88.4 cm³/mol. The van der Waals surface area contributed by atoms with Crippen molar-refractivity contribution in [2.45, 2.75) is 33.7 Å². The van der Waals surface area contributed by atoms with Crippen LogP contribution in [0.1, 0.15) is 36.6 Å². The maximum atomic E-state index is 13.7. The molecule has 0 aliphatic heterocycles. The van der Waals surface area contributed by atoms with Gasteiger partial charge in [-0.1, -0.05) is 24.6 Å². The second-order valence-electron chi connectivity index (χ2n) is 5.43. The van der Waals surface area contributed by atoms with E-state index in [0.29, 0.717) is 0 Å². The van der Waals surface area contributed by atoms with Crippen molar-refractivity contribution in [1.82, 2.24) is 5.32 Å². The van der Waals surface area contributed by atoms with Gasteiger partial charge in [0.25, 0.3) is 0 Å². The first kappa shape index (κ1) is 16.0. The van der Waals surface area contributed by atoms with Gasteiger partial charge in [0.2, 0.25) is 0 Å². The van der Waals surface area contributed by atoms with Crippen LogP contribution in [0.25, 0.3) is 11.1 Å². The number of hydrogen-bond donors (Lipinski definition) is 1. The van der Waals surface area contributed by atoms with Crippen LogP contribution in [0.15, 0.2) is 30.3 Å². The molecule has 0 heterocycles. The highest BCUT2D eigenvalue weighted by molar-refractivity contribution is 6.31. The van der Waals surface area contributed by atoms with Crippen molar-refractivity contribution in [3.05, 3.63) is 57.9 Å². The lowest BCUT2D eigenvalue weighted by Gasteiger charge is -2.19. The fraction of sp³-hybridized carbons (Fsp3) is 0.333. The molecule has 1 nitrogen and oxygen atoms in total. The highest BCUT2D eigenvalue weighted by atomic mass is 35.5. The molecule has 0 saturated heterocycles. The van der Waals surface area contributed by atoms with Crippen molar-refractivity contribution >= 4 is 11.6 Å². The van der Waals surface area contributed by atoms with Crippen LogP contribution >= 0.6 is 11.6 Å². The van der Waals surface area contributed by atoms with Gasteiger partial charge in [0.05, 0.1) is 0 Å². The number of hydrogen-bond acceptors (Lipinski definition) is 1. The minimum Gasteiger partial charge on any atom is -0.310 e. The summed E-state index contributed by atoms with van der Waals surface area (Å²) in [6, 6.07) is 9.14. The molecule has 1 N–H and O–H groups in total. The first-order valence-corrected chi connectivity index (χ1v) is 7.61. The number of nitrogens with one attached hydrogen (secondary N) is 1. The van der Waals surface area contributed by atoms with Crippen molar-refractivity contribution in [3.8, 4) is 11.1 Å². The number of benzene rings is 2. The molecule has 0 spiro atoms. The van der Waals surface area contributed by atoms with Crippen LogP contribution in [-0.2, 0) is 0 Å². The van der Waals surface area contributed by atoms with E-state index >= 15 is 0 Å². The van der Waals surface area contributed by atoms with E-state index in [2.05, 4.69) is 19.2 Å². The molecule has 1 unspecified atom stereocenters. The van der Waals surface area contributed by atoms with Crippen molar-refractivity contribution in [1.29, 1.82) is 0 Å². The third-order valence-electron chi connectivity index (χ3n) is 3.79. The lowest BCUT2D eigenvalue weighted by molar-refractivity contribution is 0.593. The van der Waals surface area contributed by atoms with E-state index in [1.807, 2.05) is 32.0 Å². The van der Waals surface area contributed by atoms with Gasteiger partial charge in [0.15, 0.2) is 0 Å². The highest BCUT2D eigenvalue weighted by Crippen LogP contribution is 2.34. The smallest absolute Gasteiger partial charge is 0.123 e. The van der Waals surface area contributed by atoms with E-state index < -0.39 is 0 Å². The van der Waals surface area contributed by atoms with Crippen LogP contribution in [0.2, 0.25) is 5.02 Å². The number of aryl methyl sites for hydroxylation is 2. The molecule has 2 aromatic carbocycles. The van der Waals surface area contributed by atoms with Gasteiger partial charge in [-0.05, 0) is 79.4 Å². The lowest BCUT2D eigenvalue weighted by atomic mass is 9.91. The molecule has 0 aliphatic carbocycles. The molecule has 112 valence electrons. The summed E-state index contributed by atoms with van der Waals surface area (Å²) < 4.78 is 13.7. The standard InChI is InChI=1S/C18H21ClFN/c1-5-21-13(4)15-7-6-14(20)10-17(15)16-8-12(3)18(19)9-11(16)2/h6-10,13,21H,5H2,1-4H3. The van der Waals surface area contributed by atoms with Gasteiger partial charge in [-0.25, -0.2) is 4.39 Å². The summed E-state index contributed by atoms with van der Waals surface area (Å²) in [6.07, 6.45) is 0. The van der Waals surface area contributed by atoms with Crippen molar-refractivity contribution in [3.63, 3.8) is 0 Å². The summed E-state index contributed by atoms with van der Waals surface area (Å²) in [7, 11) is 0. The molecule has 0 bridgehead atoms. The first-order chi connectivity index (χ1) is 9.93. The van der Waals surface area contributed by atoms with Gasteiger partial charge in [0.1, 0.15) is 5.82 Å². The third-order valence-corrected chi connectivity index (χ3v) is 4.20. The SMILES string of the molecule is CCNC(C)c1ccc(F)cc1-c1cc(C)c(Cl)cc1C. The van der Waals surface area contributed by atoms with Gasteiger partial charge >= 0.3 is 0 Å². The minimum absolute atomic E-state index is 0.168. The van der Waals surface area contributed by atoms with Crippen molar-refractivity contribution < 1.29 is 4.39 Å². The predicted octanol–water partition coefficient (Wildman–Crippen LogP) is 5.43. The Balaban J connectivity index is 2.62. The van der Waals surface area contributed by atoms with Gasteiger partial charge in [-0.3, -0.25) is 0 Å². The van der Waals surface area contributed by atoms with E-state index in [9.17, 15) is 4.39 Å². The molecule has 0 saturated carbocycles. The fourth-order valence-electron chi connectivity index (χ4n) is 2.63. The summed E-state index contributed by atoms with van der Waals surface area (Å²) in [5.41, 5.74) is 5.13. The highest BCUT2D eigenvalue weighted by Gasteiger charge is 2.15. The Kier molecular flexibility index (Phi) is 5.02. The number of rotatable bonds is 4. The van der Waals surface area contributed by atoms with Crippen LogP contribution in [0, 0.1) is 19.7 Å². The average Bonchev–Trinajstić information content (AvgIpc) is 2.43. The van der Waals surface area contributed by atoms with Gasteiger partial charge in [-0.2, -0.15) is 0 Å². The molecule has 0 aromatic heterocycles. The Morgan fingerprint density at radius 2 is 1.81 bits per heavy atom. The lowest BCUT2D eigenvalue weighted by Crippen LogP contribution is -2.18. The summed E-state index contributed by atoms with van der Waals surface area (Å²) in [6.45, 7) is 9.01. The van der Waals surface area contributed by atoms with Crippen LogP contribution in [-0.4, -0.2) is 6.54 Å². The zero-order valence-electron chi connectivity index (χ0n) is 12.9. The normalized spacial score (nSPS) is 12.5. The molecule has 2 rings (SSSR count). The Morgan fingerprint density at radius 1 is 1.10 bits per heavy atom. The van der Waals surface area contributed by atoms with Crippen molar-refractivity contribution in [2.24, 2.45) is 0 Å². The third kappa shape index (κ3) is 3.45. The van der Waals surface area contributed by atoms with E-state index in [0.717, 1.165) is 39.4 Å². The summed E-state index contributed by atoms with van der Waals surface area (Å²) in [4.78, 5) is 0. The zero-order valence-corrected chi connectivity index (χ0v) is 13.7. The summed E-state index contributed by atoms with van der Waals surface area (Å²) in [5, 5.41) is 4.13. The van der Waals surface area contributed by atoms with Gasteiger partial charge in [0, 0.05) is 11.1 Å². The molecular weight excluding hydrogens is 285 g/mol. The second kappa shape index (κ2) is 6.59. The Hall–Kier alpha value is -1.38. The molecule has 3 heteroatoms. The molecule has 0 fully saturated rings. The Labute approximate surface area is 131 Å².